The Morgan fingerprint density at radius 3 is 2.55 bits per heavy atom. The summed E-state index contributed by atoms with van der Waals surface area (Å²) >= 11 is 0. The molecule has 4 atom stereocenters. The predicted molar refractivity (Wildman–Crippen MR) is 130 cm³/mol. The van der Waals surface area contributed by atoms with Gasteiger partial charge in [-0.05, 0) is 29.7 Å². The van der Waals surface area contributed by atoms with Crippen molar-refractivity contribution in [3.8, 4) is 11.3 Å². The Hall–Kier alpha value is -2.21. The summed E-state index contributed by atoms with van der Waals surface area (Å²) < 4.78 is 2.02. The first-order valence-electron chi connectivity index (χ1n) is 13.0. The first-order chi connectivity index (χ1) is 15.9. The van der Waals surface area contributed by atoms with E-state index in [2.05, 4.69) is 66.9 Å². The van der Waals surface area contributed by atoms with Gasteiger partial charge in [-0.3, -0.25) is 4.79 Å². The van der Waals surface area contributed by atoms with Crippen LogP contribution in [0.25, 0.3) is 11.3 Å². The van der Waals surface area contributed by atoms with Gasteiger partial charge in [-0.25, -0.2) is 4.68 Å². The lowest BCUT2D eigenvalue weighted by atomic mass is 9.75. The zero-order valence-electron chi connectivity index (χ0n) is 20.5. The molecule has 4 heterocycles. The number of amides is 1. The number of carbonyl (C=O) groups excluding carboxylic acids is 1. The second-order valence-corrected chi connectivity index (χ2v) is 11.7. The fraction of sp³-hybridized carbons (Fsp3) is 0.667. The minimum Gasteiger partial charge on any atom is -0.353 e. The molecular weight excluding hydrogens is 410 g/mol. The highest BCUT2D eigenvalue weighted by molar-refractivity contribution is 5.79. The number of hydrogen-bond donors (Lipinski definition) is 2. The van der Waals surface area contributed by atoms with E-state index >= 15 is 0 Å². The third-order valence-corrected chi connectivity index (χ3v) is 8.33. The van der Waals surface area contributed by atoms with E-state index in [0.29, 0.717) is 23.9 Å². The second-order valence-electron chi connectivity index (χ2n) is 11.7. The van der Waals surface area contributed by atoms with Gasteiger partial charge in [0.15, 0.2) is 0 Å². The van der Waals surface area contributed by atoms with Crippen LogP contribution in [0, 0.1) is 11.8 Å². The average molecular weight is 451 g/mol. The molecule has 4 fully saturated rings. The summed E-state index contributed by atoms with van der Waals surface area (Å²) in [6.45, 7) is 9.74. The van der Waals surface area contributed by atoms with Crippen molar-refractivity contribution in [3.63, 3.8) is 0 Å². The van der Waals surface area contributed by atoms with Crippen molar-refractivity contribution in [2.45, 2.75) is 89.8 Å². The number of aromatic nitrogens is 3. The molecule has 1 saturated carbocycles. The summed E-state index contributed by atoms with van der Waals surface area (Å²) in [4.78, 5) is 14.6. The summed E-state index contributed by atoms with van der Waals surface area (Å²) in [6, 6.07) is 9.65. The molecular formula is C27H40N5O+. The molecule has 1 aliphatic carbocycles. The van der Waals surface area contributed by atoms with E-state index in [4.69, 9.17) is 0 Å². The number of carbonyl (C=O) groups is 1. The predicted octanol–water partition coefficient (Wildman–Crippen LogP) is 2.98. The molecule has 1 amide bonds. The van der Waals surface area contributed by atoms with Crippen LogP contribution in [0.2, 0.25) is 0 Å². The van der Waals surface area contributed by atoms with Crippen LogP contribution in [-0.4, -0.2) is 46.1 Å². The largest absolute Gasteiger partial charge is 0.353 e. The molecule has 2 N–H and O–H groups in total. The van der Waals surface area contributed by atoms with Crippen LogP contribution in [0.3, 0.4) is 0 Å². The van der Waals surface area contributed by atoms with Crippen LogP contribution < -0.4 is 10.2 Å². The van der Waals surface area contributed by atoms with Gasteiger partial charge in [0.05, 0.1) is 31.7 Å². The monoisotopic (exact) mass is 450 g/mol. The number of nitrogens with one attached hydrogen (secondary N) is 2. The quantitative estimate of drug-likeness (QED) is 0.736. The van der Waals surface area contributed by atoms with E-state index in [1.54, 1.807) is 4.90 Å². The molecule has 1 unspecified atom stereocenters. The maximum atomic E-state index is 13.0. The molecule has 2 aromatic rings. The van der Waals surface area contributed by atoms with Crippen molar-refractivity contribution in [2.75, 3.05) is 13.1 Å². The normalized spacial score (nSPS) is 28.1. The fourth-order valence-electron chi connectivity index (χ4n) is 6.26. The molecule has 0 radical (unpaired) electrons. The number of quaternary nitrogens is 1. The minimum atomic E-state index is 0.152. The van der Waals surface area contributed by atoms with Gasteiger partial charge in [0.25, 0.3) is 0 Å². The van der Waals surface area contributed by atoms with Gasteiger partial charge in [-0.1, -0.05) is 69.5 Å². The first-order valence-corrected chi connectivity index (χ1v) is 13.0. The van der Waals surface area contributed by atoms with E-state index in [1.165, 1.54) is 37.8 Å². The van der Waals surface area contributed by atoms with Gasteiger partial charge in [-0.15, -0.1) is 5.10 Å². The zero-order chi connectivity index (χ0) is 23.0. The molecule has 4 aliphatic rings. The smallest absolute Gasteiger partial charge is 0.229 e. The molecule has 6 rings (SSSR count). The number of nitrogens with zero attached hydrogens (tertiary/aromatic N) is 3. The lowest BCUT2D eigenvalue weighted by molar-refractivity contribution is -0.945. The van der Waals surface area contributed by atoms with Gasteiger partial charge >= 0.3 is 0 Å². The van der Waals surface area contributed by atoms with Gasteiger partial charge < -0.3 is 10.2 Å². The molecule has 178 valence electrons. The van der Waals surface area contributed by atoms with E-state index in [-0.39, 0.29) is 11.3 Å². The molecule has 3 saturated heterocycles. The molecule has 3 aliphatic heterocycles. The molecule has 6 heteroatoms. The van der Waals surface area contributed by atoms with Crippen molar-refractivity contribution in [1.29, 1.82) is 0 Å². The average Bonchev–Trinajstić information content (AvgIpc) is 3.28. The summed E-state index contributed by atoms with van der Waals surface area (Å²) in [5.74, 6) is 1.04. The lowest BCUT2D eigenvalue weighted by Gasteiger charge is -2.46. The number of fused-ring (bicyclic) bond motifs is 3. The summed E-state index contributed by atoms with van der Waals surface area (Å²) in [5.41, 5.74) is 3.53. The third kappa shape index (κ3) is 5.01. The summed E-state index contributed by atoms with van der Waals surface area (Å²) in [5, 5.41) is 12.3. The maximum absolute atomic E-state index is 13.0. The van der Waals surface area contributed by atoms with Gasteiger partial charge in [0.2, 0.25) is 5.91 Å². The van der Waals surface area contributed by atoms with E-state index in [0.717, 1.165) is 43.6 Å². The number of piperidine rings is 3. The highest BCUT2D eigenvalue weighted by Crippen LogP contribution is 2.29. The second kappa shape index (κ2) is 9.21. The van der Waals surface area contributed by atoms with Crippen molar-refractivity contribution >= 4 is 5.91 Å². The van der Waals surface area contributed by atoms with Gasteiger partial charge in [-0.2, -0.15) is 0 Å². The SMILES string of the molecule is CC(C)(C)c1ccc(-c2cn(C[C@H]3C[C@@H]4CC[NH+]3C[C@@H]4C(=O)NC3CCCCC3)nn2)cc1. The third-order valence-electron chi connectivity index (χ3n) is 8.33. The topological polar surface area (TPSA) is 64.2 Å². The molecule has 6 nitrogen and oxygen atoms in total. The van der Waals surface area contributed by atoms with Crippen LogP contribution in [0.15, 0.2) is 30.5 Å². The Balaban J connectivity index is 1.19. The summed E-state index contributed by atoms with van der Waals surface area (Å²) in [6.07, 6.45) is 10.6. The molecule has 1 aromatic carbocycles. The van der Waals surface area contributed by atoms with Crippen molar-refractivity contribution in [3.05, 3.63) is 36.0 Å². The van der Waals surface area contributed by atoms with Gasteiger partial charge in [0, 0.05) is 24.4 Å². The van der Waals surface area contributed by atoms with Crippen molar-refractivity contribution in [2.24, 2.45) is 11.8 Å². The van der Waals surface area contributed by atoms with Crippen LogP contribution in [-0.2, 0) is 16.8 Å². The standard InChI is InChI=1S/C27H39N5O/c1-27(2,3)21-11-9-19(10-12-21)25-18-32(30-29-25)16-23-15-20-13-14-31(23)17-24(20)26(33)28-22-7-5-4-6-8-22/h9-12,18,20,22-24H,4-8,13-17H2,1-3H3,(H,28,33)/p+1/t20-,23+,24-/m0/s1. The van der Waals surface area contributed by atoms with Gasteiger partial charge in [0.1, 0.15) is 11.7 Å². The lowest BCUT2D eigenvalue weighted by Crippen LogP contribution is -3.20. The number of benzene rings is 1. The van der Waals surface area contributed by atoms with Crippen molar-refractivity contribution < 1.29 is 9.69 Å². The van der Waals surface area contributed by atoms with Crippen LogP contribution >= 0.6 is 0 Å². The first kappa shape index (κ1) is 22.6. The van der Waals surface area contributed by atoms with Crippen molar-refractivity contribution in [1.82, 2.24) is 20.3 Å². The maximum Gasteiger partial charge on any atom is 0.229 e. The molecule has 33 heavy (non-hydrogen) atoms. The Kier molecular flexibility index (Phi) is 6.30. The summed E-state index contributed by atoms with van der Waals surface area (Å²) in [7, 11) is 0. The van der Waals surface area contributed by atoms with E-state index in [1.807, 2.05) is 4.68 Å². The Labute approximate surface area is 198 Å². The highest BCUT2D eigenvalue weighted by Gasteiger charge is 2.46. The van der Waals surface area contributed by atoms with Crippen LogP contribution in [0.4, 0.5) is 0 Å². The molecule has 0 spiro atoms. The Morgan fingerprint density at radius 1 is 1.12 bits per heavy atom. The zero-order valence-corrected chi connectivity index (χ0v) is 20.5. The highest BCUT2D eigenvalue weighted by atomic mass is 16.2. The van der Waals surface area contributed by atoms with E-state index in [9.17, 15) is 4.79 Å². The molecule has 1 aromatic heterocycles. The molecule has 2 bridgehead atoms. The fourth-order valence-corrected chi connectivity index (χ4v) is 6.26. The Bertz CT molecular complexity index is 954. The Morgan fingerprint density at radius 2 is 1.88 bits per heavy atom. The van der Waals surface area contributed by atoms with Crippen LogP contribution in [0.5, 0.6) is 0 Å². The van der Waals surface area contributed by atoms with E-state index < -0.39 is 0 Å². The number of hydrogen-bond acceptors (Lipinski definition) is 3. The number of rotatable bonds is 5. The van der Waals surface area contributed by atoms with Crippen LogP contribution in [0.1, 0.15) is 71.3 Å². The minimum absolute atomic E-state index is 0.152.